The number of hydrogen-bond donors (Lipinski definition) is 1. The Hall–Kier alpha value is -1.50. The van der Waals surface area contributed by atoms with Crippen LogP contribution in [0.1, 0.15) is 44.9 Å². The number of nitrogens with zero attached hydrogens (tertiary/aromatic N) is 1. The molecule has 1 aliphatic carbocycles. The normalized spacial score (nSPS) is 26.2. The van der Waals surface area contributed by atoms with Crippen LogP contribution in [0, 0.1) is 23.7 Å². The first kappa shape index (κ1) is 13.9. The van der Waals surface area contributed by atoms with Crippen LogP contribution in [-0.4, -0.2) is 35.0 Å². The zero-order chi connectivity index (χ0) is 13.9. The summed E-state index contributed by atoms with van der Waals surface area (Å²) < 4.78 is 0. The van der Waals surface area contributed by atoms with Gasteiger partial charge in [-0.05, 0) is 18.3 Å². The topological polar surface area (TPSA) is 57.6 Å². The van der Waals surface area contributed by atoms with Crippen molar-refractivity contribution in [3.63, 3.8) is 0 Å². The molecular formula is C15H21NO3. The minimum atomic E-state index is -0.762. The molecule has 1 heterocycles. The van der Waals surface area contributed by atoms with Crippen molar-refractivity contribution in [3.05, 3.63) is 0 Å². The summed E-state index contributed by atoms with van der Waals surface area (Å²) in [5.74, 6) is 1.95. The SMILES string of the molecule is C#CC1CC(=O)N(CC2(CC(=O)O)CCCCC2)C1. The van der Waals surface area contributed by atoms with Crippen LogP contribution in [0.15, 0.2) is 0 Å². The number of carbonyl (C=O) groups is 2. The molecule has 2 aliphatic rings. The highest BCUT2D eigenvalue weighted by atomic mass is 16.4. The number of amides is 1. The molecule has 1 N–H and O–H groups in total. The van der Waals surface area contributed by atoms with Gasteiger partial charge >= 0.3 is 5.97 Å². The summed E-state index contributed by atoms with van der Waals surface area (Å²) in [5.41, 5.74) is -0.233. The number of carboxylic acid groups (broad SMARTS) is 1. The molecule has 1 atom stereocenters. The minimum Gasteiger partial charge on any atom is -0.481 e. The first-order chi connectivity index (χ1) is 9.04. The van der Waals surface area contributed by atoms with Gasteiger partial charge in [0.25, 0.3) is 0 Å². The molecule has 0 aromatic heterocycles. The maximum Gasteiger partial charge on any atom is 0.303 e. The minimum absolute atomic E-state index is 0.00188. The number of terminal acetylenes is 1. The summed E-state index contributed by atoms with van der Waals surface area (Å²) >= 11 is 0. The molecule has 0 aromatic rings. The summed E-state index contributed by atoms with van der Waals surface area (Å²) in [5, 5.41) is 9.13. The largest absolute Gasteiger partial charge is 0.481 e. The van der Waals surface area contributed by atoms with Crippen LogP contribution in [0.4, 0.5) is 0 Å². The number of hydrogen-bond acceptors (Lipinski definition) is 2. The third kappa shape index (κ3) is 3.28. The second-order valence-corrected chi connectivity index (χ2v) is 5.97. The summed E-state index contributed by atoms with van der Waals surface area (Å²) in [7, 11) is 0. The van der Waals surface area contributed by atoms with Gasteiger partial charge in [-0.15, -0.1) is 12.3 Å². The number of rotatable bonds is 4. The lowest BCUT2D eigenvalue weighted by Gasteiger charge is -2.39. The Morgan fingerprint density at radius 1 is 1.42 bits per heavy atom. The fraction of sp³-hybridized carbons (Fsp3) is 0.733. The lowest BCUT2D eigenvalue weighted by atomic mass is 9.71. The molecule has 2 fully saturated rings. The zero-order valence-corrected chi connectivity index (χ0v) is 11.2. The van der Waals surface area contributed by atoms with Gasteiger partial charge < -0.3 is 10.0 Å². The van der Waals surface area contributed by atoms with E-state index >= 15 is 0 Å². The molecule has 4 nitrogen and oxygen atoms in total. The van der Waals surface area contributed by atoms with Gasteiger partial charge in [0.1, 0.15) is 0 Å². The van der Waals surface area contributed by atoms with E-state index in [0.29, 0.717) is 19.5 Å². The molecule has 2 rings (SSSR count). The Bertz CT molecular complexity index is 404. The van der Waals surface area contributed by atoms with Crippen LogP contribution in [0.25, 0.3) is 0 Å². The smallest absolute Gasteiger partial charge is 0.303 e. The average molecular weight is 263 g/mol. The highest BCUT2D eigenvalue weighted by Crippen LogP contribution is 2.41. The summed E-state index contributed by atoms with van der Waals surface area (Å²) in [4.78, 5) is 24.8. The Balaban J connectivity index is 2.06. The van der Waals surface area contributed by atoms with Crippen molar-refractivity contribution < 1.29 is 14.7 Å². The lowest BCUT2D eigenvalue weighted by Crippen LogP contribution is -2.41. The van der Waals surface area contributed by atoms with Gasteiger partial charge in [0.2, 0.25) is 5.91 Å². The van der Waals surface area contributed by atoms with Crippen LogP contribution >= 0.6 is 0 Å². The molecule has 1 amide bonds. The van der Waals surface area contributed by atoms with Crippen molar-refractivity contribution in [2.75, 3.05) is 13.1 Å². The van der Waals surface area contributed by atoms with Crippen molar-refractivity contribution >= 4 is 11.9 Å². The van der Waals surface area contributed by atoms with Crippen molar-refractivity contribution in [1.29, 1.82) is 0 Å². The Morgan fingerprint density at radius 3 is 2.63 bits per heavy atom. The molecule has 104 valence electrons. The average Bonchev–Trinajstić information content (AvgIpc) is 2.70. The third-order valence-corrected chi connectivity index (χ3v) is 4.42. The van der Waals surface area contributed by atoms with Gasteiger partial charge in [0.15, 0.2) is 0 Å². The van der Waals surface area contributed by atoms with Gasteiger partial charge in [0, 0.05) is 25.4 Å². The molecule has 1 unspecified atom stereocenters. The Kier molecular flexibility index (Phi) is 4.14. The van der Waals surface area contributed by atoms with Gasteiger partial charge in [-0.25, -0.2) is 0 Å². The standard InChI is InChI=1S/C15H21NO3/c1-2-12-8-13(17)16(10-12)11-15(9-14(18)19)6-4-3-5-7-15/h1,12H,3-11H2,(H,18,19). The van der Waals surface area contributed by atoms with E-state index in [2.05, 4.69) is 5.92 Å². The van der Waals surface area contributed by atoms with E-state index in [4.69, 9.17) is 11.5 Å². The van der Waals surface area contributed by atoms with Gasteiger partial charge in [0.05, 0.1) is 6.42 Å². The van der Waals surface area contributed by atoms with E-state index in [1.54, 1.807) is 4.90 Å². The highest BCUT2D eigenvalue weighted by molar-refractivity contribution is 5.79. The number of aliphatic carboxylic acids is 1. The van der Waals surface area contributed by atoms with Gasteiger partial charge in [-0.2, -0.15) is 0 Å². The van der Waals surface area contributed by atoms with E-state index in [1.807, 2.05) is 0 Å². The second kappa shape index (κ2) is 5.64. The second-order valence-electron chi connectivity index (χ2n) is 5.97. The van der Waals surface area contributed by atoms with E-state index < -0.39 is 5.97 Å². The maximum atomic E-state index is 11.9. The predicted octanol–water partition coefficient (Wildman–Crippen LogP) is 1.89. The van der Waals surface area contributed by atoms with Crippen LogP contribution < -0.4 is 0 Å². The van der Waals surface area contributed by atoms with Crippen molar-refractivity contribution in [3.8, 4) is 12.3 Å². The summed E-state index contributed by atoms with van der Waals surface area (Å²) in [6, 6.07) is 0. The van der Waals surface area contributed by atoms with E-state index in [-0.39, 0.29) is 23.7 Å². The fourth-order valence-electron chi connectivity index (χ4n) is 3.45. The molecule has 1 saturated carbocycles. The monoisotopic (exact) mass is 263 g/mol. The van der Waals surface area contributed by atoms with Gasteiger partial charge in [-0.3, -0.25) is 9.59 Å². The number of carbonyl (C=O) groups excluding carboxylic acids is 1. The summed E-state index contributed by atoms with van der Waals surface area (Å²) in [6.07, 6.45) is 11.1. The molecule has 1 saturated heterocycles. The lowest BCUT2D eigenvalue weighted by molar-refractivity contribution is -0.142. The molecule has 0 bridgehead atoms. The highest BCUT2D eigenvalue weighted by Gasteiger charge is 2.39. The molecule has 4 heteroatoms. The predicted molar refractivity (Wildman–Crippen MR) is 71.3 cm³/mol. The maximum absolute atomic E-state index is 11.9. The first-order valence-electron chi connectivity index (χ1n) is 7.00. The molecule has 19 heavy (non-hydrogen) atoms. The molecular weight excluding hydrogens is 242 g/mol. The molecule has 0 aromatic carbocycles. The molecule has 0 spiro atoms. The van der Waals surface area contributed by atoms with Crippen molar-refractivity contribution in [1.82, 2.24) is 4.90 Å². The van der Waals surface area contributed by atoms with Crippen LogP contribution in [0.2, 0.25) is 0 Å². The molecule has 1 aliphatic heterocycles. The first-order valence-corrected chi connectivity index (χ1v) is 7.00. The van der Waals surface area contributed by atoms with Crippen LogP contribution in [0.3, 0.4) is 0 Å². The van der Waals surface area contributed by atoms with Crippen LogP contribution in [0.5, 0.6) is 0 Å². The third-order valence-electron chi connectivity index (χ3n) is 4.42. The van der Waals surface area contributed by atoms with E-state index in [9.17, 15) is 9.59 Å². The van der Waals surface area contributed by atoms with E-state index in [0.717, 1.165) is 25.7 Å². The van der Waals surface area contributed by atoms with Crippen molar-refractivity contribution in [2.24, 2.45) is 11.3 Å². The Morgan fingerprint density at radius 2 is 2.11 bits per heavy atom. The summed E-state index contributed by atoms with van der Waals surface area (Å²) in [6.45, 7) is 1.16. The Labute approximate surface area is 114 Å². The molecule has 0 radical (unpaired) electrons. The number of likely N-dealkylation sites (tertiary alicyclic amines) is 1. The van der Waals surface area contributed by atoms with Crippen LogP contribution in [-0.2, 0) is 9.59 Å². The van der Waals surface area contributed by atoms with Gasteiger partial charge in [-0.1, -0.05) is 19.3 Å². The number of carboxylic acids is 1. The fourth-order valence-corrected chi connectivity index (χ4v) is 3.45. The van der Waals surface area contributed by atoms with E-state index in [1.165, 1.54) is 6.42 Å². The van der Waals surface area contributed by atoms with Crippen molar-refractivity contribution in [2.45, 2.75) is 44.9 Å². The quantitative estimate of drug-likeness (QED) is 0.788. The zero-order valence-electron chi connectivity index (χ0n) is 11.2.